The first-order chi connectivity index (χ1) is 14.2. The first-order valence-corrected chi connectivity index (χ1v) is 10.9. The van der Waals surface area contributed by atoms with Gasteiger partial charge in [0.15, 0.2) is 0 Å². The molecule has 2 heterocycles. The Bertz CT molecular complexity index is 1010. The van der Waals surface area contributed by atoms with Gasteiger partial charge in [0, 0.05) is 11.6 Å². The number of hydrogen-bond acceptors (Lipinski definition) is 4. The van der Waals surface area contributed by atoms with E-state index in [2.05, 4.69) is 22.3 Å². The van der Waals surface area contributed by atoms with Crippen molar-refractivity contribution in [1.29, 1.82) is 0 Å². The lowest BCUT2D eigenvalue weighted by atomic mass is 9.54. The fraction of sp³-hybridized carbons (Fsp3) is 0.458. The quantitative estimate of drug-likeness (QED) is 0.675. The molecule has 4 saturated carbocycles. The normalized spacial score (nSPS) is 35.5. The molecular weight excluding hydrogens is 365 g/mol. The Balaban J connectivity index is 1.34. The molecular formula is C24H24FN3O. The third-order valence-corrected chi connectivity index (χ3v) is 7.71. The minimum atomic E-state index is -0.259. The van der Waals surface area contributed by atoms with Crippen LogP contribution in [-0.2, 0) is 4.74 Å². The Morgan fingerprint density at radius 1 is 1.00 bits per heavy atom. The molecule has 0 aromatic heterocycles. The maximum absolute atomic E-state index is 14.0. The molecule has 8 rings (SSSR count). The molecule has 4 bridgehead atoms. The van der Waals surface area contributed by atoms with Crippen molar-refractivity contribution in [2.75, 3.05) is 10.2 Å². The molecule has 1 unspecified atom stereocenters. The van der Waals surface area contributed by atoms with Gasteiger partial charge in [0.2, 0.25) is 0 Å². The summed E-state index contributed by atoms with van der Waals surface area (Å²) in [5, 5.41) is 3.59. The van der Waals surface area contributed by atoms with Gasteiger partial charge >= 0.3 is 0 Å². The first-order valence-electron chi connectivity index (χ1n) is 10.9. The summed E-state index contributed by atoms with van der Waals surface area (Å²) in [4.78, 5) is 7.04. The summed E-state index contributed by atoms with van der Waals surface area (Å²) < 4.78 is 20.9. The van der Waals surface area contributed by atoms with E-state index in [-0.39, 0.29) is 17.6 Å². The number of amidine groups is 1. The first kappa shape index (κ1) is 16.3. The molecule has 0 radical (unpaired) electrons. The third kappa shape index (κ3) is 2.33. The molecule has 0 spiro atoms. The van der Waals surface area contributed by atoms with Crippen molar-refractivity contribution in [3.63, 3.8) is 0 Å². The van der Waals surface area contributed by atoms with E-state index >= 15 is 0 Å². The molecule has 29 heavy (non-hydrogen) atoms. The smallest absolute Gasteiger partial charge is 0.299 e. The largest absolute Gasteiger partial charge is 0.458 e. The zero-order valence-electron chi connectivity index (χ0n) is 16.3. The molecule has 1 N–H and O–H groups in total. The molecule has 4 aliphatic carbocycles. The van der Waals surface area contributed by atoms with E-state index in [0.717, 1.165) is 54.0 Å². The Kier molecular flexibility index (Phi) is 3.10. The van der Waals surface area contributed by atoms with E-state index in [1.54, 1.807) is 0 Å². The van der Waals surface area contributed by atoms with Crippen molar-refractivity contribution < 1.29 is 9.13 Å². The Hall–Kier alpha value is -2.56. The summed E-state index contributed by atoms with van der Waals surface area (Å²) >= 11 is 0. The van der Waals surface area contributed by atoms with Gasteiger partial charge in [-0.3, -0.25) is 4.90 Å². The van der Waals surface area contributed by atoms with Gasteiger partial charge in [-0.05, 0) is 80.5 Å². The second kappa shape index (κ2) is 5.53. The maximum atomic E-state index is 14.0. The summed E-state index contributed by atoms with van der Waals surface area (Å²) in [5.74, 6) is 2.14. The fourth-order valence-electron chi connectivity index (χ4n) is 7.01. The van der Waals surface area contributed by atoms with E-state index in [0.29, 0.717) is 11.7 Å². The molecule has 4 nitrogen and oxygen atoms in total. The van der Waals surface area contributed by atoms with E-state index < -0.39 is 0 Å². The highest BCUT2D eigenvalue weighted by Crippen LogP contribution is 2.58. The van der Waals surface area contributed by atoms with Crippen LogP contribution in [0, 0.1) is 23.6 Å². The highest BCUT2D eigenvalue weighted by atomic mass is 19.1. The summed E-state index contributed by atoms with van der Waals surface area (Å²) in [7, 11) is 0. The number of nitrogens with one attached hydrogen (secondary N) is 1. The molecule has 2 aromatic carbocycles. The van der Waals surface area contributed by atoms with Gasteiger partial charge in [-0.15, -0.1) is 0 Å². The van der Waals surface area contributed by atoms with Crippen LogP contribution in [0.1, 0.15) is 50.3 Å². The lowest BCUT2D eigenvalue weighted by Gasteiger charge is -2.56. The molecule has 5 heteroatoms. The Labute approximate surface area is 169 Å². The monoisotopic (exact) mass is 389 g/mol. The van der Waals surface area contributed by atoms with Gasteiger partial charge in [-0.1, -0.05) is 12.1 Å². The van der Waals surface area contributed by atoms with Crippen molar-refractivity contribution in [3.05, 3.63) is 53.8 Å². The van der Waals surface area contributed by atoms with Crippen LogP contribution in [0.5, 0.6) is 0 Å². The second-order valence-corrected chi connectivity index (χ2v) is 9.73. The number of halogens is 1. The number of benzene rings is 2. The van der Waals surface area contributed by atoms with Gasteiger partial charge in [0.1, 0.15) is 17.6 Å². The molecule has 148 valence electrons. The number of anilines is 2. The van der Waals surface area contributed by atoms with E-state index in [1.165, 1.54) is 31.4 Å². The number of ether oxygens (including phenoxy) is 1. The topological polar surface area (TPSA) is 36.9 Å². The van der Waals surface area contributed by atoms with E-state index in [9.17, 15) is 4.39 Å². The molecule has 2 aromatic rings. The third-order valence-electron chi connectivity index (χ3n) is 7.71. The molecule has 2 aliphatic heterocycles. The summed E-state index contributed by atoms with van der Waals surface area (Å²) in [6, 6.07) is 13.8. The van der Waals surface area contributed by atoms with Crippen LogP contribution >= 0.6 is 0 Å². The number of fused-ring (bicyclic) bond motifs is 5. The van der Waals surface area contributed by atoms with Crippen LogP contribution in [0.3, 0.4) is 0 Å². The van der Waals surface area contributed by atoms with Crippen LogP contribution in [-0.4, -0.2) is 11.6 Å². The summed E-state index contributed by atoms with van der Waals surface area (Å²) in [6.45, 7) is 0. The maximum Gasteiger partial charge on any atom is 0.299 e. The lowest BCUT2D eigenvalue weighted by molar-refractivity contribution is -0.116. The Morgan fingerprint density at radius 2 is 1.72 bits per heavy atom. The molecule has 1 atom stereocenters. The van der Waals surface area contributed by atoms with Gasteiger partial charge < -0.3 is 10.1 Å². The SMILES string of the molecule is Fc1ccc2c(c1)N=C(OC13CC4CC(CC(C4)C1)C3)N1c3ccccc3NC21. The van der Waals surface area contributed by atoms with Crippen molar-refractivity contribution >= 4 is 23.1 Å². The minimum Gasteiger partial charge on any atom is -0.458 e. The zero-order chi connectivity index (χ0) is 19.2. The molecule has 0 amide bonds. The van der Waals surface area contributed by atoms with Crippen LogP contribution < -0.4 is 10.2 Å². The van der Waals surface area contributed by atoms with Gasteiger partial charge in [-0.25, -0.2) is 4.39 Å². The summed E-state index contributed by atoms with van der Waals surface area (Å²) in [5.41, 5.74) is 3.71. The van der Waals surface area contributed by atoms with Gasteiger partial charge in [0.25, 0.3) is 6.02 Å². The highest BCUT2D eigenvalue weighted by molar-refractivity contribution is 6.02. The van der Waals surface area contributed by atoms with Crippen molar-refractivity contribution in [1.82, 2.24) is 0 Å². The van der Waals surface area contributed by atoms with E-state index in [1.807, 2.05) is 18.2 Å². The highest BCUT2D eigenvalue weighted by Gasteiger charge is 2.54. The number of hydrogen-bond donors (Lipinski definition) is 1. The van der Waals surface area contributed by atoms with Crippen molar-refractivity contribution in [2.24, 2.45) is 22.7 Å². The lowest BCUT2D eigenvalue weighted by Crippen LogP contribution is -2.55. The van der Waals surface area contributed by atoms with Crippen molar-refractivity contribution in [3.8, 4) is 0 Å². The number of aliphatic imine (C=N–C) groups is 1. The molecule has 0 saturated heterocycles. The molecule has 4 fully saturated rings. The van der Waals surface area contributed by atoms with Crippen LogP contribution in [0.25, 0.3) is 0 Å². The zero-order valence-corrected chi connectivity index (χ0v) is 16.3. The van der Waals surface area contributed by atoms with Crippen LogP contribution in [0.15, 0.2) is 47.5 Å². The average Bonchev–Trinajstić information content (AvgIpc) is 3.06. The second-order valence-electron chi connectivity index (χ2n) is 9.73. The Morgan fingerprint density at radius 3 is 2.48 bits per heavy atom. The standard InChI is InChI=1S/C24H24FN3O/c25-17-5-6-18-20(10-17)27-23(28-21-4-2-1-3-19(21)26-22(18)28)29-24-11-14-7-15(12-24)9-16(8-14)13-24/h1-6,10,14-16,22,26H,7-9,11-13H2. The average molecular weight is 389 g/mol. The van der Waals surface area contributed by atoms with Gasteiger partial charge in [-0.2, -0.15) is 4.99 Å². The molecule has 6 aliphatic rings. The van der Waals surface area contributed by atoms with Crippen LogP contribution in [0.4, 0.5) is 21.5 Å². The predicted octanol–water partition coefficient (Wildman–Crippen LogP) is 5.74. The van der Waals surface area contributed by atoms with E-state index in [4.69, 9.17) is 9.73 Å². The predicted molar refractivity (Wildman–Crippen MR) is 111 cm³/mol. The number of rotatable bonds is 1. The fourth-order valence-corrected chi connectivity index (χ4v) is 7.01. The van der Waals surface area contributed by atoms with Crippen molar-refractivity contribution in [2.45, 2.75) is 50.3 Å². The summed E-state index contributed by atoms with van der Waals surface area (Å²) in [6.07, 6.45) is 7.44. The van der Waals surface area contributed by atoms with Gasteiger partial charge in [0.05, 0.1) is 17.1 Å². The number of para-hydroxylation sites is 2. The minimum absolute atomic E-state index is 0.0967. The van der Waals surface area contributed by atoms with Crippen LogP contribution in [0.2, 0.25) is 0 Å². The number of nitrogens with zero attached hydrogens (tertiary/aromatic N) is 2.